The SMILES string of the molecule is Cc1cc(C)cc(N2CCN(C(=O)NC(C)C)C(C)C2=O)c1. The van der Waals surface area contributed by atoms with E-state index >= 15 is 0 Å². The van der Waals surface area contributed by atoms with Gasteiger partial charge in [0.15, 0.2) is 0 Å². The van der Waals surface area contributed by atoms with Crippen LogP contribution in [0.2, 0.25) is 0 Å². The van der Waals surface area contributed by atoms with Crippen molar-refractivity contribution in [1.29, 1.82) is 0 Å². The van der Waals surface area contributed by atoms with E-state index in [4.69, 9.17) is 0 Å². The highest BCUT2D eigenvalue weighted by atomic mass is 16.2. The zero-order chi connectivity index (χ0) is 16.4. The number of carbonyl (C=O) groups is 2. The number of piperazine rings is 1. The van der Waals surface area contributed by atoms with E-state index in [2.05, 4.69) is 11.4 Å². The summed E-state index contributed by atoms with van der Waals surface area (Å²) < 4.78 is 0. The van der Waals surface area contributed by atoms with E-state index < -0.39 is 6.04 Å². The molecule has 1 heterocycles. The summed E-state index contributed by atoms with van der Waals surface area (Å²) in [6, 6.07) is 5.56. The quantitative estimate of drug-likeness (QED) is 0.912. The van der Waals surface area contributed by atoms with Gasteiger partial charge < -0.3 is 15.1 Å². The number of aryl methyl sites for hydroxylation is 2. The molecule has 1 unspecified atom stereocenters. The molecular weight excluding hydrogens is 278 g/mol. The molecule has 120 valence electrons. The fourth-order valence-electron chi connectivity index (χ4n) is 2.84. The fraction of sp³-hybridized carbons (Fsp3) is 0.529. The number of urea groups is 1. The third-order valence-electron chi connectivity index (χ3n) is 3.85. The maximum Gasteiger partial charge on any atom is 0.318 e. The lowest BCUT2D eigenvalue weighted by Crippen LogP contribution is -2.60. The average Bonchev–Trinajstić information content (AvgIpc) is 2.39. The van der Waals surface area contributed by atoms with Gasteiger partial charge >= 0.3 is 6.03 Å². The van der Waals surface area contributed by atoms with Crippen molar-refractivity contribution in [2.24, 2.45) is 0 Å². The Balaban J connectivity index is 2.17. The molecule has 1 saturated heterocycles. The summed E-state index contributed by atoms with van der Waals surface area (Å²) in [5.74, 6) is -0.0323. The first-order valence-electron chi connectivity index (χ1n) is 7.76. The molecule has 1 aromatic rings. The highest BCUT2D eigenvalue weighted by molar-refractivity contribution is 6.00. The molecule has 0 bridgehead atoms. The molecule has 0 aromatic heterocycles. The highest BCUT2D eigenvalue weighted by Crippen LogP contribution is 2.23. The molecule has 0 radical (unpaired) electrons. The molecule has 5 heteroatoms. The molecule has 2 rings (SSSR count). The van der Waals surface area contributed by atoms with E-state index in [1.54, 1.807) is 16.7 Å². The van der Waals surface area contributed by atoms with E-state index in [-0.39, 0.29) is 18.0 Å². The lowest BCUT2D eigenvalue weighted by molar-refractivity contribution is -0.124. The van der Waals surface area contributed by atoms with E-state index in [1.165, 1.54) is 0 Å². The Morgan fingerprint density at radius 3 is 2.32 bits per heavy atom. The predicted octanol–water partition coefficient (Wildman–Crippen LogP) is 2.46. The second-order valence-corrected chi connectivity index (χ2v) is 6.31. The second-order valence-electron chi connectivity index (χ2n) is 6.31. The van der Waals surface area contributed by atoms with Crippen LogP contribution in [0.1, 0.15) is 31.9 Å². The summed E-state index contributed by atoms with van der Waals surface area (Å²) in [5.41, 5.74) is 3.18. The van der Waals surface area contributed by atoms with E-state index in [0.29, 0.717) is 13.1 Å². The summed E-state index contributed by atoms with van der Waals surface area (Å²) in [6.45, 7) is 10.7. The van der Waals surface area contributed by atoms with Crippen LogP contribution in [0.15, 0.2) is 18.2 Å². The van der Waals surface area contributed by atoms with Crippen LogP contribution >= 0.6 is 0 Å². The summed E-state index contributed by atoms with van der Waals surface area (Å²) in [6.07, 6.45) is 0. The van der Waals surface area contributed by atoms with Crippen molar-refractivity contribution in [3.05, 3.63) is 29.3 Å². The van der Waals surface area contributed by atoms with Crippen molar-refractivity contribution in [3.63, 3.8) is 0 Å². The van der Waals surface area contributed by atoms with Crippen molar-refractivity contribution >= 4 is 17.6 Å². The topological polar surface area (TPSA) is 52.6 Å². The molecule has 1 fully saturated rings. The number of carbonyl (C=O) groups excluding carboxylic acids is 2. The normalized spacial score (nSPS) is 18.8. The van der Waals surface area contributed by atoms with Crippen LogP contribution in [0.5, 0.6) is 0 Å². The maximum atomic E-state index is 12.7. The Labute approximate surface area is 132 Å². The Morgan fingerprint density at radius 1 is 1.18 bits per heavy atom. The molecule has 1 aliphatic rings. The Morgan fingerprint density at radius 2 is 1.77 bits per heavy atom. The van der Waals surface area contributed by atoms with Crippen molar-refractivity contribution in [3.8, 4) is 0 Å². The molecule has 3 amide bonds. The minimum Gasteiger partial charge on any atom is -0.336 e. The van der Waals surface area contributed by atoms with Gasteiger partial charge in [-0.2, -0.15) is 0 Å². The van der Waals surface area contributed by atoms with Crippen LogP contribution in [0.3, 0.4) is 0 Å². The van der Waals surface area contributed by atoms with Crippen molar-refractivity contribution in [1.82, 2.24) is 10.2 Å². The maximum absolute atomic E-state index is 12.7. The first-order valence-corrected chi connectivity index (χ1v) is 7.76. The number of benzene rings is 1. The first-order chi connectivity index (χ1) is 10.3. The number of nitrogens with zero attached hydrogens (tertiary/aromatic N) is 2. The van der Waals surface area contributed by atoms with Gasteiger partial charge in [-0.25, -0.2) is 4.79 Å². The summed E-state index contributed by atoms with van der Waals surface area (Å²) >= 11 is 0. The minimum absolute atomic E-state index is 0.0323. The smallest absolute Gasteiger partial charge is 0.318 e. The number of hydrogen-bond acceptors (Lipinski definition) is 2. The lowest BCUT2D eigenvalue weighted by atomic mass is 10.1. The Hall–Kier alpha value is -2.04. The van der Waals surface area contributed by atoms with E-state index in [0.717, 1.165) is 16.8 Å². The van der Waals surface area contributed by atoms with Crippen molar-refractivity contribution in [2.45, 2.75) is 46.7 Å². The zero-order valence-electron chi connectivity index (χ0n) is 14.0. The average molecular weight is 303 g/mol. The second kappa shape index (κ2) is 6.38. The highest BCUT2D eigenvalue weighted by Gasteiger charge is 2.35. The molecule has 1 aliphatic heterocycles. The largest absolute Gasteiger partial charge is 0.336 e. The van der Waals surface area contributed by atoms with Crippen LogP contribution in [-0.2, 0) is 4.79 Å². The van der Waals surface area contributed by atoms with Gasteiger partial charge in [0.1, 0.15) is 6.04 Å². The third-order valence-corrected chi connectivity index (χ3v) is 3.85. The van der Waals surface area contributed by atoms with Crippen LogP contribution in [0, 0.1) is 13.8 Å². The number of hydrogen-bond donors (Lipinski definition) is 1. The van der Waals surface area contributed by atoms with Crippen LogP contribution < -0.4 is 10.2 Å². The van der Waals surface area contributed by atoms with Gasteiger partial charge in [0.25, 0.3) is 0 Å². The number of anilines is 1. The standard InChI is InChI=1S/C17H25N3O2/c1-11(2)18-17(22)19-6-7-20(16(21)14(19)5)15-9-12(3)8-13(4)10-15/h8-11,14H,6-7H2,1-5H3,(H,18,22). The predicted molar refractivity (Wildman–Crippen MR) is 88.1 cm³/mol. The fourth-order valence-corrected chi connectivity index (χ4v) is 2.84. The molecule has 5 nitrogen and oxygen atoms in total. The Kier molecular flexibility index (Phi) is 4.74. The van der Waals surface area contributed by atoms with Gasteiger partial charge in [-0.3, -0.25) is 4.79 Å². The lowest BCUT2D eigenvalue weighted by Gasteiger charge is -2.39. The van der Waals surface area contributed by atoms with E-state index in [1.807, 2.05) is 39.8 Å². The molecule has 22 heavy (non-hydrogen) atoms. The molecule has 0 aliphatic carbocycles. The number of amides is 3. The first kappa shape index (κ1) is 16.3. The van der Waals surface area contributed by atoms with Gasteiger partial charge in [0.2, 0.25) is 5.91 Å². The molecule has 1 N–H and O–H groups in total. The monoisotopic (exact) mass is 303 g/mol. The van der Waals surface area contributed by atoms with Crippen molar-refractivity contribution < 1.29 is 9.59 Å². The molecule has 1 aromatic carbocycles. The van der Waals surface area contributed by atoms with Gasteiger partial charge in [-0.05, 0) is 57.9 Å². The van der Waals surface area contributed by atoms with Gasteiger partial charge in [-0.1, -0.05) is 6.07 Å². The molecule has 0 spiro atoms. The summed E-state index contributed by atoms with van der Waals surface area (Å²) in [4.78, 5) is 28.2. The molecule has 0 saturated carbocycles. The van der Waals surface area contributed by atoms with Gasteiger partial charge in [-0.15, -0.1) is 0 Å². The Bertz CT molecular complexity index is 563. The minimum atomic E-state index is -0.451. The van der Waals surface area contributed by atoms with Crippen LogP contribution in [-0.4, -0.2) is 42.0 Å². The molecule has 1 atom stereocenters. The van der Waals surface area contributed by atoms with Crippen molar-refractivity contribution in [2.75, 3.05) is 18.0 Å². The van der Waals surface area contributed by atoms with Crippen LogP contribution in [0.25, 0.3) is 0 Å². The van der Waals surface area contributed by atoms with Crippen LogP contribution in [0.4, 0.5) is 10.5 Å². The van der Waals surface area contributed by atoms with Gasteiger partial charge in [0.05, 0.1) is 0 Å². The van der Waals surface area contributed by atoms with Gasteiger partial charge in [0, 0.05) is 24.8 Å². The zero-order valence-corrected chi connectivity index (χ0v) is 14.0. The van der Waals surface area contributed by atoms with E-state index in [9.17, 15) is 9.59 Å². The summed E-state index contributed by atoms with van der Waals surface area (Å²) in [5, 5.41) is 2.85. The number of rotatable bonds is 2. The number of nitrogens with one attached hydrogen (secondary N) is 1. The molecular formula is C17H25N3O2. The summed E-state index contributed by atoms with van der Waals surface area (Å²) in [7, 11) is 0. The third kappa shape index (κ3) is 3.40.